The Morgan fingerprint density at radius 2 is 0.900 bits per heavy atom. The quantitative estimate of drug-likeness (QED) is 0.0667. The van der Waals surface area contributed by atoms with Crippen molar-refractivity contribution in [2.24, 2.45) is 23.7 Å². The van der Waals surface area contributed by atoms with Gasteiger partial charge in [0, 0.05) is 12.8 Å². The molecule has 4 nitrogen and oxygen atoms in total. The summed E-state index contributed by atoms with van der Waals surface area (Å²) in [5.74, 6) is 2.88. The molecule has 0 bridgehead atoms. The van der Waals surface area contributed by atoms with Gasteiger partial charge in [-0.05, 0) is 49.4 Å². The lowest BCUT2D eigenvalue weighted by molar-refractivity contribution is -0.145. The van der Waals surface area contributed by atoms with Crippen LogP contribution in [0.1, 0.15) is 183 Å². The third kappa shape index (κ3) is 23.6. The van der Waals surface area contributed by atoms with Crippen LogP contribution in [0.2, 0.25) is 0 Å². The maximum atomic E-state index is 12.0. The minimum Gasteiger partial charge on any atom is -0.466 e. The minimum atomic E-state index is -0.00380. The Bertz CT molecular complexity index is 527. The molecular formula is C36H70O4. The lowest BCUT2D eigenvalue weighted by Crippen LogP contribution is -2.10. The molecular weight excluding hydrogens is 496 g/mol. The summed E-state index contributed by atoms with van der Waals surface area (Å²) in [5.41, 5.74) is 0. The van der Waals surface area contributed by atoms with Crippen molar-refractivity contribution >= 4 is 11.9 Å². The maximum absolute atomic E-state index is 12.0. The Morgan fingerprint density at radius 3 is 1.25 bits per heavy atom. The van der Waals surface area contributed by atoms with Crippen LogP contribution in [0.25, 0.3) is 0 Å². The summed E-state index contributed by atoms with van der Waals surface area (Å²) in [6.07, 6.45) is 24.9. The number of ether oxygens (including phenoxy) is 2. The second kappa shape index (κ2) is 28.1. The monoisotopic (exact) mass is 567 g/mol. The van der Waals surface area contributed by atoms with Gasteiger partial charge in [-0.15, -0.1) is 0 Å². The van der Waals surface area contributed by atoms with Crippen LogP contribution in [0.5, 0.6) is 0 Å². The number of esters is 2. The zero-order valence-electron chi connectivity index (χ0n) is 27.9. The van der Waals surface area contributed by atoms with Gasteiger partial charge in [-0.3, -0.25) is 9.59 Å². The van der Waals surface area contributed by atoms with E-state index in [2.05, 4.69) is 41.5 Å². The first kappa shape index (κ1) is 38.9. The predicted molar refractivity (Wildman–Crippen MR) is 171 cm³/mol. The van der Waals surface area contributed by atoms with Gasteiger partial charge in [0.25, 0.3) is 0 Å². The van der Waals surface area contributed by atoms with Crippen molar-refractivity contribution in [1.82, 2.24) is 0 Å². The molecule has 0 heterocycles. The van der Waals surface area contributed by atoms with Gasteiger partial charge < -0.3 is 9.47 Å². The Morgan fingerprint density at radius 1 is 0.500 bits per heavy atom. The molecule has 0 aromatic carbocycles. The van der Waals surface area contributed by atoms with Crippen molar-refractivity contribution in [2.75, 3.05) is 13.2 Å². The summed E-state index contributed by atoms with van der Waals surface area (Å²) in [7, 11) is 0. The van der Waals surface area contributed by atoms with Crippen LogP contribution in [-0.2, 0) is 19.1 Å². The van der Waals surface area contributed by atoms with Crippen LogP contribution < -0.4 is 0 Å². The smallest absolute Gasteiger partial charge is 0.305 e. The summed E-state index contributed by atoms with van der Waals surface area (Å²) < 4.78 is 11.0. The van der Waals surface area contributed by atoms with E-state index >= 15 is 0 Å². The number of unbranched alkanes of at least 4 members (excludes halogenated alkanes) is 8. The first-order chi connectivity index (χ1) is 19.4. The first-order valence-electron chi connectivity index (χ1n) is 17.7. The van der Waals surface area contributed by atoms with E-state index in [1.54, 1.807) is 0 Å². The second-order valence-electron chi connectivity index (χ2n) is 12.8. The molecule has 0 spiro atoms. The fourth-order valence-corrected chi connectivity index (χ4v) is 5.79. The fraction of sp³-hybridized carbons (Fsp3) is 0.944. The van der Waals surface area contributed by atoms with Gasteiger partial charge in [0.2, 0.25) is 0 Å². The molecule has 0 aliphatic heterocycles. The van der Waals surface area contributed by atoms with Crippen LogP contribution in [0.15, 0.2) is 0 Å². The molecule has 0 saturated heterocycles. The lowest BCUT2D eigenvalue weighted by atomic mass is 9.86. The summed E-state index contributed by atoms with van der Waals surface area (Å²) in [6, 6.07) is 0. The van der Waals surface area contributed by atoms with Gasteiger partial charge in [-0.2, -0.15) is 0 Å². The molecule has 4 heteroatoms. The lowest BCUT2D eigenvalue weighted by Gasteiger charge is -2.21. The fourth-order valence-electron chi connectivity index (χ4n) is 5.79. The van der Waals surface area contributed by atoms with E-state index in [0.29, 0.717) is 37.9 Å². The topological polar surface area (TPSA) is 52.6 Å². The second-order valence-corrected chi connectivity index (χ2v) is 12.8. The Kier molecular flexibility index (Phi) is 27.3. The molecule has 2 unspecified atom stereocenters. The molecule has 0 fully saturated rings. The van der Waals surface area contributed by atoms with Crippen molar-refractivity contribution in [3.05, 3.63) is 0 Å². The first-order valence-corrected chi connectivity index (χ1v) is 17.7. The third-order valence-electron chi connectivity index (χ3n) is 9.01. The van der Waals surface area contributed by atoms with Gasteiger partial charge in [0.15, 0.2) is 0 Å². The maximum Gasteiger partial charge on any atom is 0.305 e. The zero-order chi connectivity index (χ0) is 29.8. The van der Waals surface area contributed by atoms with Crippen LogP contribution in [0, 0.1) is 23.7 Å². The largest absolute Gasteiger partial charge is 0.466 e. The highest BCUT2D eigenvalue weighted by molar-refractivity contribution is 5.69. The van der Waals surface area contributed by atoms with E-state index in [4.69, 9.17) is 9.47 Å². The van der Waals surface area contributed by atoms with Crippen LogP contribution >= 0.6 is 0 Å². The van der Waals surface area contributed by atoms with E-state index in [0.717, 1.165) is 50.4 Å². The van der Waals surface area contributed by atoms with Gasteiger partial charge in [0.1, 0.15) is 0 Å². The number of hydrogen-bond donors (Lipinski definition) is 0. The number of hydrogen-bond acceptors (Lipinski definition) is 4. The minimum absolute atomic E-state index is 0.00380. The standard InChI is InChI=1S/C36H70O4/c1-7-11-21-32(9-3)25-27-35(37)39-29-19-15-13-17-23-34(31(5)6)24-18-14-16-20-30-40-36(38)28-26-33(10-4)22-12-8-2/h31-34H,7-30H2,1-6H3. The van der Waals surface area contributed by atoms with E-state index in [1.165, 1.54) is 89.9 Å². The Balaban J connectivity index is 3.77. The summed E-state index contributed by atoms with van der Waals surface area (Å²) >= 11 is 0. The average molecular weight is 567 g/mol. The number of carbonyl (C=O) groups excluding carboxylic acids is 2. The highest BCUT2D eigenvalue weighted by Gasteiger charge is 2.14. The summed E-state index contributed by atoms with van der Waals surface area (Å²) in [6.45, 7) is 14.8. The van der Waals surface area contributed by atoms with Crippen molar-refractivity contribution in [1.29, 1.82) is 0 Å². The average Bonchev–Trinajstić information content (AvgIpc) is 2.94. The molecule has 2 atom stereocenters. The van der Waals surface area contributed by atoms with E-state index < -0.39 is 0 Å². The van der Waals surface area contributed by atoms with E-state index in [1.807, 2.05) is 0 Å². The van der Waals surface area contributed by atoms with Gasteiger partial charge in [-0.25, -0.2) is 0 Å². The number of carbonyl (C=O) groups is 2. The predicted octanol–water partition coefficient (Wildman–Crippen LogP) is 11.2. The number of rotatable bonds is 29. The highest BCUT2D eigenvalue weighted by atomic mass is 16.5. The normalized spacial score (nSPS) is 13.8. The Labute approximate surface area is 250 Å². The molecule has 0 N–H and O–H groups in total. The van der Waals surface area contributed by atoms with Gasteiger partial charge in [0.05, 0.1) is 13.2 Å². The molecule has 0 aromatic heterocycles. The van der Waals surface area contributed by atoms with E-state index in [9.17, 15) is 9.59 Å². The Hall–Kier alpha value is -1.06. The molecule has 0 saturated carbocycles. The summed E-state index contributed by atoms with van der Waals surface area (Å²) in [4.78, 5) is 24.1. The molecule has 0 aromatic rings. The van der Waals surface area contributed by atoms with Crippen LogP contribution in [-0.4, -0.2) is 25.2 Å². The molecule has 0 aliphatic carbocycles. The van der Waals surface area contributed by atoms with Crippen molar-refractivity contribution in [2.45, 2.75) is 183 Å². The van der Waals surface area contributed by atoms with Gasteiger partial charge >= 0.3 is 11.9 Å². The molecule has 0 radical (unpaired) electrons. The molecule has 0 amide bonds. The van der Waals surface area contributed by atoms with Crippen LogP contribution in [0.4, 0.5) is 0 Å². The van der Waals surface area contributed by atoms with Crippen LogP contribution in [0.3, 0.4) is 0 Å². The molecule has 40 heavy (non-hydrogen) atoms. The van der Waals surface area contributed by atoms with Gasteiger partial charge in [-0.1, -0.05) is 144 Å². The summed E-state index contributed by atoms with van der Waals surface area (Å²) in [5, 5.41) is 0. The van der Waals surface area contributed by atoms with Crippen molar-refractivity contribution in [3.8, 4) is 0 Å². The van der Waals surface area contributed by atoms with Crippen molar-refractivity contribution < 1.29 is 19.1 Å². The zero-order valence-corrected chi connectivity index (χ0v) is 27.9. The molecule has 0 aliphatic rings. The van der Waals surface area contributed by atoms with Crippen molar-refractivity contribution in [3.63, 3.8) is 0 Å². The third-order valence-corrected chi connectivity index (χ3v) is 9.01. The highest BCUT2D eigenvalue weighted by Crippen LogP contribution is 2.25. The molecule has 0 rings (SSSR count). The molecule has 238 valence electrons. The SMILES string of the molecule is CCCCC(CC)CCC(=O)OCCCCCCC(CCCCCCOC(=O)CCC(CC)CCCC)C(C)C. The van der Waals surface area contributed by atoms with E-state index in [-0.39, 0.29) is 11.9 Å².